The molecule has 6 heteroatoms. The fourth-order valence-electron chi connectivity index (χ4n) is 2.41. The largest absolute Gasteiger partial charge is 0.454 e. The van der Waals surface area contributed by atoms with E-state index in [9.17, 15) is 9.59 Å². The number of ether oxygens (including phenoxy) is 2. The average Bonchev–Trinajstić information content (AvgIpc) is 3.10. The van der Waals surface area contributed by atoms with Crippen LogP contribution in [0.15, 0.2) is 59.9 Å². The Kier molecular flexibility index (Phi) is 5.11. The molecule has 2 aromatic carbocycles. The number of fused-ring (bicyclic) bond motifs is 1. The zero-order valence-corrected chi connectivity index (χ0v) is 13.3. The normalized spacial score (nSPS) is 13.3. The second kappa shape index (κ2) is 7.83. The Morgan fingerprint density at radius 1 is 0.800 bits per heavy atom. The van der Waals surface area contributed by atoms with Crippen molar-refractivity contribution in [2.75, 3.05) is 6.79 Å². The molecule has 0 unspecified atom stereocenters. The number of amides is 2. The van der Waals surface area contributed by atoms with E-state index in [4.69, 9.17) is 9.47 Å². The summed E-state index contributed by atoms with van der Waals surface area (Å²) < 4.78 is 10.6. The molecule has 0 saturated heterocycles. The number of hydrogen-bond donors (Lipinski definition) is 2. The molecule has 2 N–H and O–H groups in total. The van der Waals surface area contributed by atoms with E-state index < -0.39 is 0 Å². The quantitative estimate of drug-likeness (QED) is 0.601. The van der Waals surface area contributed by atoms with Crippen LogP contribution < -0.4 is 20.1 Å². The molecule has 25 heavy (non-hydrogen) atoms. The lowest BCUT2D eigenvalue weighted by Crippen LogP contribution is -2.21. The molecule has 3 rings (SSSR count). The molecule has 126 valence electrons. The van der Waals surface area contributed by atoms with E-state index in [0.29, 0.717) is 35.7 Å². The van der Waals surface area contributed by atoms with Crippen molar-refractivity contribution in [1.29, 1.82) is 0 Å². The van der Waals surface area contributed by atoms with Gasteiger partial charge in [-0.25, -0.2) is 0 Å². The van der Waals surface area contributed by atoms with Gasteiger partial charge >= 0.3 is 0 Å². The van der Waals surface area contributed by atoms with Gasteiger partial charge in [-0.2, -0.15) is 0 Å². The summed E-state index contributed by atoms with van der Waals surface area (Å²) >= 11 is 0. The van der Waals surface area contributed by atoms with Gasteiger partial charge in [0.1, 0.15) is 0 Å². The second-order valence-corrected chi connectivity index (χ2v) is 5.16. The van der Waals surface area contributed by atoms with E-state index in [1.807, 2.05) is 36.4 Å². The van der Waals surface area contributed by atoms with E-state index >= 15 is 0 Å². The maximum atomic E-state index is 11.0. The molecule has 0 fully saturated rings. The van der Waals surface area contributed by atoms with Gasteiger partial charge in [-0.05, 0) is 35.4 Å². The van der Waals surface area contributed by atoms with Gasteiger partial charge in [0.25, 0.3) is 0 Å². The first kappa shape index (κ1) is 16.3. The summed E-state index contributed by atoms with van der Waals surface area (Å²) in [6, 6.07) is 14.9. The standard InChI is InChI=1S/C19H16N2O4/c22-11-20-16(8-14-4-2-1-3-5-14)17(21-12-23)9-15-6-7-18-19(10-15)25-13-24-18/h1-12H,13H2,(H,20,22)(H,21,23)/b16-8-,17-9-. The first-order valence-corrected chi connectivity index (χ1v) is 7.59. The highest BCUT2D eigenvalue weighted by atomic mass is 16.7. The highest BCUT2D eigenvalue weighted by Gasteiger charge is 2.13. The van der Waals surface area contributed by atoms with Crippen LogP contribution in [-0.4, -0.2) is 19.6 Å². The van der Waals surface area contributed by atoms with Gasteiger partial charge in [-0.1, -0.05) is 36.4 Å². The third-order valence-electron chi connectivity index (χ3n) is 3.54. The number of benzene rings is 2. The summed E-state index contributed by atoms with van der Waals surface area (Å²) in [6.07, 6.45) is 4.63. The molecular weight excluding hydrogens is 320 g/mol. The Balaban J connectivity index is 1.98. The van der Waals surface area contributed by atoms with Gasteiger partial charge in [0.15, 0.2) is 11.5 Å². The van der Waals surface area contributed by atoms with Crippen molar-refractivity contribution >= 4 is 25.0 Å². The van der Waals surface area contributed by atoms with Gasteiger partial charge in [0, 0.05) is 0 Å². The van der Waals surface area contributed by atoms with Crippen LogP contribution in [0.1, 0.15) is 11.1 Å². The highest BCUT2D eigenvalue weighted by Crippen LogP contribution is 2.33. The predicted octanol–water partition coefficient (Wildman–Crippen LogP) is 2.29. The van der Waals surface area contributed by atoms with E-state index in [-0.39, 0.29) is 6.79 Å². The molecule has 1 aliphatic heterocycles. The van der Waals surface area contributed by atoms with Gasteiger partial charge in [-0.3, -0.25) is 9.59 Å². The SMILES string of the molecule is O=CNC(=C\c1ccccc1)/C(=C/c1ccc2c(c1)OCO2)NC=O. The molecule has 2 aromatic rings. The minimum atomic E-state index is 0.188. The summed E-state index contributed by atoms with van der Waals surface area (Å²) in [5, 5.41) is 5.25. The predicted molar refractivity (Wildman–Crippen MR) is 93.4 cm³/mol. The zero-order chi connectivity index (χ0) is 17.5. The van der Waals surface area contributed by atoms with Crippen LogP contribution in [0.2, 0.25) is 0 Å². The summed E-state index contributed by atoms with van der Waals surface area (Å²) in [5.41, 5.74) is 2.59. The van der Waals surface area contributed by atoms with Gasteiger partial charge in [0.2, 0.25) is 19.6 Å². The monoisotopic (exact) mass is 336 g/mol. The molecule has 0 aliphatic carbocycles. The van der Waals surface area contributed by atoms with Crippen molar-refractivity contribution in [2.24, 2.45) is 0 Å². The van der Waals surface area contributed by atoms with Crippen molar-refractivity contribution in [3.63, 3.8) is 0 Å². The summed E-state index contributed by atoms with van der Waals surface area (Å²) in [5.74, 6) is 1.31. The van der Waals surface area contributed by atoms with Crippen molar-refractivity contribution in [2.45, 2.75) is 0 Å². The Hall–Kier alpha value is -3.54. The van der Waals surface area contributed by atoms with Crippen LogP contribution in [0.25, 0.3) is 12.2 Å². The van der Waals surface area contributed by atoms with Gasteiger partial charge in [0.05, 0.1) is 11.4 Å². The lowest BCUT2D eigenvalue weighted by molar-refractivity contribution is -0.110. The Bertz CT molecular complexity index is 829. The summed E-state index contributed by atoms with van der Waals surface area (Å²) in [6.45, 7) is 0.188. The highest BCUT2D eigenvalue weighted by molar-refractivity contribution is 5.73. The minimum Gasteiger partial charge on any atom is -0.454 e. The average molecular weight is 336 g/mol. The van der Waals surface area contributed by atoms with E-state index in [1.54, 1.807) is 24.3 Å². The Morgan fingerprint density at radius 2 is 1.44 bits per heavy atom. The number of hydrogen-bond acceptors (Lipinski definition) is 4. The third kappa shape index (κ3) is 4.06. The van der Waals surface area contributed by atoms with E-state index in [2.05, 4.69) is 10.6 Å². The Labute approximate surface area is 144 Å². The lowest BCUT2D eigenvalue weighted by Gasteiger charge is -2.11. The van der Waals surface area contributed by atoms with E-state index in [1.165, 1.54) is 0 Å². The molecule has 0 spiro atoms. The number of rotatable bonds is 7. The number of carbonyl (C=O) groups is 2. The molecule has 0 aromatic heterocycles. The number of carbonyl (C=O) groups excluding carboxylic acids is 2. The van der Waals surface area contributed by atoms with Crippen LogP contribution >= 0.6 is 0 Å². The first-order valence-electron chi connectivity index (χ1n) is 7.59. The molecule has 0 atom stereocenters. The minimum absolute atomic E-state index is 0.188. The molecule has 1 aliphatic rings. The molecule has 0 saturated carbocycles. The van der Waals surface area contributed by atoms with Crippen LogP contribution in [0.3, 0.4) is 0 Å². The molecule has 0 bridgehead atoms. The smallest absolute Gasteiger partial charge is 0.231 e. The second-order valence-electron chi connectivity index (χ2n) is 5.16. The van der Waals surface area contributed by atoms with Crippen molar-refractivity contribution in [1.82, 2.24) is 10.6 Å². The third-order valence-corrected chi connectivity index (χ3v) is 3.54. The molecular formula is C19H16N2O4. The Morgan fingerprint density at radius 3 is 2.12 bits per heavy atom. The number of nitrogens with one attached hydrogen (secondary N) is 2. The van der Waals surface area contributed by atoms with Gasteiger partial charge < -0.3 is 20.1 Å². The fourth-order valence-corrected chi connectivity index (χ4v) is 2.41. The van der Waals surface area contributed by atoms with Crippen molar-refractivity contribution in [3.8, 4) is 11.5 Å². The maximum absolute atomic E-state index is 11.0. The zero-order valence-electron chi connectivity index (χ0n) is 13.3. The molecule has 6 nitrogen and oxygen atoms in total. The topological polar surface area (TPSA) is 76.7 Å². The molecule has 1 heterocycles. The van der Waals surface area contributed by atoms with Crippen LogP contribution in [0, 0.1) is 0 Å². The summed E-state index contributed by atoms with van der Waals surface area (Å²) in [7, 11) is 0. The van der Waals surface area contributed by atoms with Crippen LogP contribution in [0.4, 0.5) is 0 Å². The van der Waals surface area contributed by atoms with Crippen molar-refractivity contribution < 1.29 is 19.1 Å². The lowest BCUT2D eigenvalue weighted by atomic mass is 10.1. The van der Waals surface area contributed by atoms with Crippen LogP contribution in [-0.2, 0) is 9.59 Å². The van der Waals surface area contributed by atoms with Gasteiger partial charge in [-0.15, -0.1) is 0 Å². The first-order chi connectivity index (χ1) is 12.3. The van der Waals surface area contributed by atoms with Crippen LogP contribution in [0.5, 0.6) is 11.5 Å². The summed E-state index contributed by atoms with van der Waals surface area (Å²) in [4.78, 5) is 22.0. The molecule has 2 amide bonds. The molecule has 0 radical (unpaired) electrons. The van der Waals surface area contributed by atoms with Crippen molar-refractivity contribution in [3.05, 3.63) is 71.1 Å². The fraction of sp³-hybridized carbons (Fsp3) is 0.0526. The maximum Gasteiger partial charge on any atom is 0.231 e. The van der Waals surface area contributed by atoms with E-state index in [0.717, 1.165) is 11.1 Å².